The van der Waals surface area contributed by atoms with Gasteiger partial charge in [-0.2, -0.15) is 0 Å². The van der Waals surface area contributed by atoms with Crippen LogP contribution in [-0.4, -0.2) is 45.2 Å². The van der Waals surface area contributed by atoms with Gasteiger partial charge in [-0.15, -0.1) is 0 Å². The van der Waals surface area contributed by atoms with Gasteiger partial charge in [0.25, 0.3) is 8.32 Å². The summed E-state index contributed by atoms with van der Waals surface area (Å²) < 4.78 is 22.7. The Morgan fingerprint density at radius 2 is 1.60 bits per heavy atom. The van der Waals surface area contributed by atoms with Gasteiger partial charge in [-0.25, -0.2) is 19.3 Å². The van der Waals surface area contributed by atoms with Crippen molar-refractivity contribution in [3.63, 3.8) is 0 Å². The molecule has 6 rings (SSSR count). The van der Waals surface area contributed by atoms with E-state index in [0.29, 0.717) is 23.9 Å². The highest BCUT2D eigenvalue weighted by molar-refractivity contribution is 6.99. The normalized spacial score (nSPS) is 17.3. The smallest absolute Gasteiger partial charge is 0.329 e. The maximum Gasteiger partial charge on any atom is 0.329 e. The van der Waals surface area contributed by atoms with Gasteiger partial charge in [-0.1, -0.05) is 81.4 Å². The summed E-state index contributed by atoms with van der Waals surface area (Å²) in [5.41, 5.74) is 0.781. The zero-order valence-electron chi connectivity index (χ0n) is 25.7. The Bertz CT molecular complexity index is 1750. The molecule has 0 bridgehead atoms. The number of rotatable bonds is 9. The van der Waals surface area contributed by atoms with Gasteiger partial charge in [0.1, 0.15) is 23.4 Å². The summed E-state index contributed by atoms with van der Waals surface area (Å²) in [4.78, 5) is 24.4. The lowest BCUT2D eigenvalue weighted by atomic mass is 9.86. The molecule has 0 spiro atoms. The number of fused-ring (bicyclic) bond motifs is 1. The van der Waals surface area contributed by atoms with E-state index < -0.39 is 19.1 Å². The maximum absolute atomic E-state index is 14.0. The van der Waals surface area contributed by atoms with E-state index in [1.54, 1.807) is 6.07 Å². The summed E-state index contributed by atoms with van der Waals surface area (Å²) >= 11 is 0. The minimum Gasteiger partial charge on any atom is -0.407 e. The average molecular weight is 625 g/mol. The summed E-state index contributed by atoms with van der Waals surface area (Å²) in [6.45, 7) is 7.51. The van der Waals surface area contributed by atoms with Gasteiger partial charge < -0.3 is 9.74 Å². The molecule has 9 nitrogen and oxygen atoms in total. The number of hydrogen-bond acceptors (Lipinski definition) is 7. The fraction of sp³-hybridized carbons (Fsp3) is 0.324. The molecule has 45 heavy (non-hydrogen) atoms. The van der Waals surface area contributed by atoms with Gasteiger partial charge in [0.2, 0.25) is 5.82 Å². The van der Waals surface area contributed by atoms with Crippen molar-refractivity contribution in [2.24, 2.45) is 5.92 Å². The Morgan fingerprint density at radius 3 is 2.20 bits per heavy atom. The van der Waals surface area contributed by atoms with E-state index in [1.165, 1.54) is 39.4 Å². The first-order valence-electron chi connectivity index (χ1n) is 15.3. The van der Waals surface area contributed by atoms with Crippen molar-refractivity contribution in [2.45, 2.75) is 57.5 Å². The average Bonchev–Trinajstić information content (AvgIpc) is 3.45. The van der Waals surface area contributed by atoms with Crippen LogP contribution in [0.2, 0.25) is 5.04 Å². The van der Waals surface area contributed by atoms with E-state index in [0.717, 1.165) is 25.7 Å². The number of nitrogens with zero attached hydrogens (tertiary/aromatic N) is 5. The van der Waals surface area contributed by atoms with Crippen molar-refractivity contribution in [3.8, 4) is 11.5 Å². The molecule has 0 aliphatic heterocycles. The highest BCUT2D eigenvalue weighted by Gasteiger charge is 2.50. The van der Waals surface area contributed by atoms with Crippen molar-refractivity contribution in [1.82, 2.24) is 19.4 Å². The zero-order valence-corrected chi connectivity index (χ0v) is 26.7. The minimum atomic E-state index is -2.63. The number of aromatic nitrogens is 4. The van der Waals surface area contributed by atoms with Crippen LogP contribution in [-0.2, 0) is 4.43 Å². The largest absolute Gasteiger partial charge is 0.407 e. The summed E-state index contributed by atoms with van der Waals surface area (Å²) in [7, 11) is -2.63. The van der Waals surface area contributed by atoms with Crippen LogP contribution in [0.4, 0.5) is 15.9 Å². The zero-order chi connectivity index (χ0) is 31.6. The quantitative estimate of drug-likeness (QED) is 0.115. The van der Waals surface area contributed by atoms with Crippen LogP contribution in [0.25, 0.3) is 17.2 Å². The number of pyridine rings is 1. The summed E-state index contributed by atoms with van der Waals surface area (Å²) in [5, 5.41) is 17.6. The second-order valence-electron chi connectivity index (χ2n) is 12.7. The highest BCUT2D eigenvalue weighted by Crippen LogP contribution is 2.38. The number of benzene rings is 2. The van der Waals surface area contributed by atoms with Crippen LogP contribution < -0.4 is 15.7 Å². The fourth-order valence-electron chi connectivity index (χ4n) is 6.53. The summed E-state index contributed by atoms with van der Waals surface area (Å²) in [6.07, 6.45) is 7.54. The Hall–Kier alpha value is -4.48. The molecular formula is C34H37FN6O3Si. The lowest BCUT2D eigenvalue weighted by Gasteiger charge is -2.44. The molecule has 0 saturated heterocycles. The molecule has 232 valence electrons. The molecule has 1 aliphatic rings. The second kappa shape index (κ2) is 12.5. The van der Waals surface area contributed by atoms with E-state index >= 15 is 0 Å². The molecular weight excluding hydrogens is 587 g/mol. The lowest BCUT2D eigenvalue weighted by molar-refractivity contribution is -0.384. The fourth-order valence-corrected chi connectivity index (χ4v) is 11.2. The first-order chi connectivity index (χ1) is 21.7. The van der Waals surface area contributed by atoms with Gasteiger partial charge in [0, 0.05) is 18.8 Å². The SMILES string of the molecule is CC(C)(C)[Si](OCC1CCC(Nc2nc(-c3cnc4ccc(F)cn34)ncc2[N+](=O)[O-])CC1)(c1ccccc1)c1ccccc1. The third-order valence-electron chi connectivity index (χ3n) is 8.80. The van der Waals surface area contributed by atoms with Crippen molar-refractivity contribution in [3.05, 3.63) is 107 Å². The lowest BCUT2D eigenvalue weighted by Crippen LogP contribution is -2.67. The maximum atomic E-state index is 14.0. The van der Waals surface area contributed by atoms with E-state index in [4.69, 9.17) is 4.43 Å². The number of anilines is 1. The molecule has 11 heteroatoms. The molecule has 5 aromatic rings. The Balaban J connectivity index is 1.18. The first-order valence-corrected chi connectivity index (χ1v) is 17.2. The van der Waals surface area contributed by atoms with Crippen molar-refractivity contribution in [1.29, 1.82) is 0 Å². The molecule has 3 aromatic heterocycles. The summed E-state index contributed by atoms with van der Waals surface area (Å²) in [6, 6.07) is 24.2. The van der Waals surface area contributed by atoms with Crippen molar-refractivity contribution < 1.29 is 13.7 Å². The van der Waals surface area contributed by atoms with Crippen LogP contribution in [0, 0.1) is 21.8 Å². The van der Waals surface area contributed by atoms with Crippen LogP contribution in [0.5, 0.6) is 0 Å². The Kier molecular flexibility index (Phi) is 8.47. The molecule has 0 atom stereocenters. The minimum absolute atomic E-state index is 0.00944. The number of nitro groups is 1. The monoisotopic (exact) mass is 624 g/mol. The van der Waals surface area contributed by atoms with Gasteiger partial charge >= 0.3 is 5.69 Å². The predicted octanol–water partition coefficient (Wildman–Crippen LogP) is 6.39. The topological polar surface area (TPSA) is 107 Å². The van der Waals surface area contributed by atoms with Crippen molar-refractivity contribution >= 4 is 35.8 Å². The van der Waals surface area contributed by atoms with Gasteiger partial charge in [0.05, 0.1) is 11.1 Å². The Morgan fingerprint density at radius 1 is 0.956 bits per heavy atom. The molecule has 1 aliphatic carbocycles. The molecule has 0 radical (unpaired) electrons. The van der Waals surface area contributed by atoms with Crippen LogP contribution in [0.1, 0.15) is 46.5 Å². The molecule has 0 amide bonds. The molecule has 1 fully saturated rings. The van der Waals surface area contributed by atoms with E-state index in [9.17, 15) is 14.5 Å². The van der Waals surface area contributed by atoms with Crippen molar-refractivity contribution in [2.75, 3.05) is 11.9 Å². The van der Waals surface area contributed by atoms with Crippen LogP contribution in [0.15, 0.2) is 91.4 Å². The van der Waals surface area contributed by atoms with E-state index in [2.05, 4.69) is 89.6 Å². The predicted molar refractivity (Wildman–Crippen MR) is 176 cm³/mol. The number of hydrogen-bond donors (Lipinski definition) is 1. The number of imidazole rings is 1. The van der Waals surface area contributed by atoms with Gasteiger partial charge in [-0.05, 0) is 59.1 Å². The van der Waals surface area contributed by atoms with E-state index in [-0.39, 0.29) is 28.4 Å². The van der Waals surface area contributed by atoms with Gasteiger partial charge in [-0.3, -0.25) is 14.5 Å². The Labute approximate surface area is 262 Å². The molecule has 2 aromatic carbocycles. The van der Waals surface area contributed by atoms with Gasteiger partial charge in [0.15, 0.2) is 5.82 Å². The van der Waals surface area contributed by atoms with Crippen LogP contribution in [0.3, 0.4) is 0 Å². The number of halogens is 1. The molecule has 3 heterocycles. The first kappa shape index (κ1) is 30.5. The summed E-state index contributed by atoms with van der Waals surface area (Å²) in [5.74, 6) is 0.323. The van der Waals surface area contributed by atoms with E-state index in [1.807, 2.05) is 12.1 Å². The molecule has 1 saturated carbocycles. The van der Waals surface area contributed by atoms with Crippen LogP contribution >= 0.6 is 0 Å². The third kappa shape index (κ3) is 6.10. The number of nitrogens with one attached hydrogen (secondary N) is 1. The third-order valence-corrected chi connectivity index (χ3v) is 13.8. The molecule has 1 N–H and O–H groups in total. The second-order valence-corrected chi connectivity index (χ2v) is 17.0. The highest BCUT2D eigenvalue weighted by atomic mass is 28.4. The standard InChI is InChI=1S/C34H37FN6O3Si/c1-34(2,3)45(27-10-6-4-7-11-27,28-12-8-5-9-13-28)44-23-24-14-17-26(18-15-24)38-33-30(41(42)43)21-37-32(39-33)29-20-36-31-19-16-25(35)22-40(29)31/h4-13,16,19-22,24,26H,14-15,17-18,23H2,1-3H3,(H,37,38,39). The molecule has 0 unspecified atom stereocenters.